The molecule has 10 nitrogen and oxygen atoms in total. The fourth-order valence-electron chi connectivity index (χ4n) is 4.28. The molecule has 0 spiro atoms. The Morgan fingerprint density at radius 1 is 1.17 bits per heavy atom. The molecule has 1 saturated heterocycles. The van der Waals surface area contributed by atoms with Crippen LogP contribution in [0.25, 0.3) is 11.1 Å². The molecule has 1 fully saturated rings. The lowest BCUT2D eigenvalue weighted by Crippen LogP contribution is -2.62. The lowest BCUT2D eigenvalue weighted by Gasteiger charge is -2.36. The molecule has 0 radical (unpaired) electrons. The quantitative estimate of drug-likeness (QED) is 0.577. The van der Waals surface area contributed by atoms with Gasteiger partial charge in [-0.25, -0.2) is 4.79 Å². The fraction of sp³-hybridized carbons (Fsp3) is 0.360. The molecule has 0 aliphatic carbocycles. The molecule has 2 aliphatic rings. The minimum absolute atomic E-state index is 0.0232. The predicted molar refractivity (Wildman–Crippen MR) is 126 cm³/mol. The highest BCUT2D eigenvalue weighted by molar-refractivity contribution is 5.98. The van der Waals surface area contributed by atoms with Crippen LogP contribution in [0.4, 0.5) is 10.5 Å². The summed E-state index contributed by atoms with van der Waals surface area (Å²) in [5.41, 5.74) is 2.06. The summed E-state index contributed by atoms with van der Waals surface area (Å²) in [6.07, 6.45) is -0.637. The molecule has 4 rings (SSSR count). The van der Waals surface area contributed by atoms with Gasteiger partial charge in [-0.2, -0.15) is 5.26 Å². The van der Waals surface area contributed by atoms with Crippen LogP contribution in [0.15, 0.2) is 42.5 Å². The molecular formula is C25H26N4O6. The van der Waals surface area contributed by atoms with Crippen LogP contribution in [0, 0.1) is 11.3 Å². The molecule has 3 N–H and O–H groups in total. The maximum atomic E-state index is 12.9. The van der Waals surface area contributed by atoms with Gasteiger partial charge in [0.1, 0.15) is 17.3 Å². The van der Waals surface area contributed by atoms with Crippen LogP contribution in [0.2, 0.25) is 0 Å². The third-order valence-corrected chi connectivity index (χ3v) is 6.36. The van der Waals surface area contributed by atoms with Crippen LogP contribution in [-0.2, 0) is 20.7 Å². The van der Waals surface area contributed by atoms with Gasteiger partial charge in [0.2, 0.25) is 5.91 Å². The number of ether oxygens (including phenoxy) is 2. The van der Waals surface area contributed by atoms with E-state index >= 15 is 0 Å². The SMILES string of the molecule is CN1C(=O)COc2ccc(-c3ccc(CC(C#N)NC(=O)C4(NC(=O)O)CCOCC4)cc3)cc21. The maximum Gasteiger partial charge on any atom is 0.405 e. The zero-order valence-corrected chi connectivity index (χ0v) is 19.2. The first-order valence-corrected chi connectivity index (χ1v) is 11.2. The van der Waals surface area contributed by atoms with E-state index in [0.29, 0.717) is 11.4 Å². The van der Waals surface area contributed by atoms with Gasteiger partial charge in [-0.15, -0.1) is 0 Å². The number of nitriles is 1. The molecule has 0 aromatic heterocycles. The Morgan fingerprint density at radius 3 is 2.51 bits per heavy atom. The molecule has 0 saturated carbocycles. The third kappa shape index (κ3) is 5.20. The Bertz CT molecular complexity index is 1170. The lowest BCUT2D eigenvalue weighted by molar-refractivity contribution is -0.131. The molecule has 182 valence electrons. The number of likely N-dealkylation sites (N-methyl/N-ethyl adjacent to an activating group) is 1. The number of nitrogens with one attached hydrogen (secondary N) is 2. The van der Waals surface area contributed by atoms with Crippen molar-refractivity contribution in [3.8, 4) is 22.9 Å². The summed E-state index contributed by atoms with van der Waals surface area (Å²) in [6, 6.07) is 14.5. The Hall–Kier alpha value is -4.10. The molecule has 35 heavy (non-hydrogen) atoms. The van der Waals surface area contributed by atoms with Gasteiger partial charge >= 0.3 is 6.09 Å². The van der Waals surface area contributed by atoms with E-state index in [1.807, 2.05) is 42.5 Å². The average molecular weight is 479 g/mol. The first kappa shape index (κ1) is 24.0. The number of hydrogen-bond donors (Lipinski definition) is 3. The molecule has 0 bridgehead atoms. The van der Waals surface area contributed by atoms with Crippen molar-refractivity contribution in [3.63, 3.8) is 0 Å². The number of carbonyl (C=O) groups is 3. The van der Waals surface area contributed by atoms with E-state index < -0.39 is 23.6 Å². The van der Waals surface area contributed by atoms with Crippen molar-refractivity contribution in [2.75, 3.05) is 31.8 Å². The minimum atomic E-state index is -1.31. The largest absolute Gasteiger partial charge is 0.482 e. The minimum Gasteiger partial charge on any atom is -0.482 e. The number of carboxylic acid groups (broad SMARTS) is 1. The van der Waals surface area contributed by atoms with Crippen molar-refractivity contribution in [1.29, 1.82) is 5.26 Å². The molecule has 2 heterocycles. The van der Waals surface area contributed by atoms with Crippen LogP contribution in [-0.4, -0.2) is 61.5 Å². The van der Waals surface area contributed by atoms with E-state index in [1.165, 1.54) is 0 Å². The third-order valence-electron chi connectivity index (χ3n) is 6.36. The van der Waals surface area contributed by atoms with Gasteiger partial charge in [0.25, 0.3) is 5.91 Å². The van der Waals surface area contributed by atoms with Crippen molar-refractivity contribution in [1.82, 2.24) is 10.6 Å². The van der Waals surface area contributed by atoms with Crippen LogP contribution in [0.1, 0.15) is 18.4 Å². The summed E-state index contributed by atoms with van der Waals surface area (Å²) in [5.74, 6) is 0.0109. The number of fused-ring (bicyclic) bond motifs is 1. The van der Waals surface area contributed by atoms with Crippen LogP contribution in [0.3, 0.4) is 0 Å². The second-order valence-corrected chi connectivity index (χ2v) is 8.60. The standard InChI is InChI=1S/C25H26N4O6/c1-29-20-13-18(6-7-21(20)35-15-22(29)30)17-4-2-16(3-5-17)12-19(14-26)27-23(31)25(28-24(32)33)8-10-34-11-9-25/h2-7,13,19,28H,8-12,15H2,1H3,(H,27,31)(H,32,33). The number of anilines is 1. The normalized spacial score (nSPS) is 17.4. The molecule has 3 amide bonds. The van der Waals surface area contributed by atoms with Gasteiger partial charge in [0, 0.05) is 39.5 Å². The second-order valence-electron chi connectivity index (χ2n) is 8.60. The van der Waals surface area contributed by atoms with E-state index in [1.54, 1.807) is 11.9 Å². The highest BCUT2D eigenvalue weighted by atomic mass is 16.5. The van der Waals surface area contributed by atoms with Gasteiger partial charge in [-0.05, 0) is 28.8 Å². The Morgan fingerprint density at radius 2 is 1.86 bits per heavy atom. The molecule has 2 aromatic carbocycles. The summed E-state index contributed by atoms with van der Waals surface area (Å²) in [7, 11) is 1.71. The Kier molecular flexibility index (Phi) is 6.89. The van der Waals surface area contributed by atoms with E-state index in [9.17, 15) is 24.8 Å². The van der Waals surface area contributed by atoms with E-state index in [2.05, 4.69) is 16.7 Å². The van der Waals surface area contributed by atoms with Crippen molar-refractivity contribution in [2.45, 2.75) is 30.8 Å². The maximum absolute atomic E-state index is 12.9. The molecule has 1 atom stereocenters. The van der Waals surface area contributed by atoms with Gasteiger partial charge < -0.3 is 30.1 Å². The number of carbonyl (C=O) groups excluding carboxylic acids is 2. The van der Waals surface area contributed by atoms with E-state index in [4.69, 9.17) is 9.47 Å². The number of hydrogen-bond acceptors (Lipinski definition) is 6. The highest BCUT2D eigenvalue weighted by Gasteiger charge is 2.42. The second kappa shape index (κ2) is 10.0. The lowest BCUT2D eigenvalue weighted by atomic mass is 9.88. The topological polar surface area (TPSA) is 141 Å². The van der Waals surface area contributed by atoms with Gasteiger partial charge in [-0.1, -0.05) is 30.3 Å². The van der Waals surface area contributed by atoms with Gasteiger partial charge in [-0.3, -0.25) is 9.59 Å². The van der Waals surface area contributed by atoms with E-state index in [0.717, 1.165) is 16.7 Å². The molecule has 2 aromatic rings. The van der Waals surface area contributed by atoms with Crippen LogP contribution >= 0.6 is 0 Å². The smallest absolute Gasteiger partial charge is 0.405 e. The van der Waals surface area contributed by atoms with Crippen molar-refractivity contribution in [2.24, 2.45) is 0 Å². The van der Waals surface area contributed by atoms with Crippen molar-refractivity contribution >= 4 is 23.6 Å². The molecular weight excluding hydrogens is 452 g/mol. The molecule has 1 unspecified atom stereocenters. The number of nitrogens with zero attached hydrogens (tertiary/aromatic N) is 2. The number of benzene rings is 2. The summed E-state index contributed by atoms with van der Waals surface area (Å²) >= 11 is 0. The fourth-order valence-corrected chi connectivity index (χ4v) is 4.28. The Balaban J connectivity index is 1.45. The Labute approximate surface area is 202 Å². The van der Waals surface area contributed by atoms with Gasteiger partial charge in [0.15, 0.2) is 6.61 Å². The monoisotopic (exact) mass is 478 g/mol. The van der Waals surface area contributed by atoms with Crippen molar-refractivity contribution in [3.05, 3.63) is 48.0 Å². The first-order chi connectivity index (χ1) is 16.8. The van der Waals surface area contributed by atoms with E-state index in [-0.39, 0.29) is 45.0 Å². The molecule has 2 aliphatic heterocycles. The van der Waals surface area contributed by atoms with Crippen LogP contribution < -0.4 is 20.3 Å². The highest BCUT2D eigenvalue weighted by Crippen LogP contribution is 2.35. The molecule has 10 heteroatoms. The average Bonchev–Trinajstić information content (AvgIpc) is 2.86. The zero-order chi connectivity index (χ0) is 25.0. The zero-order valence-electron chi connectivity index (χ0n) is 19.2. The summed E-state index contributed by atoms with van der Waals surface area (Å²) in [4.78, 5) is 37.7. The summed E-state index contributed by atoms with van der Waals surface area (Å²) < 4.78 is 10.7. The predicted octanol–water partition coefficient (Wildman–Crippen LogP) is 2.08. The summed E-state index contributed by atoms with van der Waals surface area (Å²) in [6.45, 7) is 0.533. The number of rotatable bonds is 6. The first-order valence-electron chi connectivity index (χ1n) is 11.2. The van der Waals surface area contributed by atoms with Gasteiger partial charge in [0.05, 0.1) is 11.8 Å². The van der Waals surface area contributed by atoms with Crippen LogP contribution in [0.5, 0.6) is 5.75 Å². The number of amides is 3. The van der Waals surface area contributed by atoms with Crippen molar-refractivity contribution < 1.29 is 29.0 Å². The summed E-state index contributed by atoms with van der Waals surface area (Å²) in [5, 5.41) is 23.8.